The lowest BCUT2D eigenvalue weighted by Crippen LogP contribution is -1.99. The number of hydrogen-bond acceptors (Lipinski definition) is 3. The molecule has 0 aromatic carbocycles. The standard InChI is InChI=1S/C9H13BrO3/c1-12-5-2-3-8(11)9-7(10)4-6-13-9/h4,6,8,11H,2-3,5H2,1H3. The van der Waals surface area contributed by atoms with Crippen molar-refractivity contribution >= 4 is 15.9 Å². The molecule has 0 aliphatic carbocycles. The Labute approximate surface area is 85.8 Å². The molecule has 1 aromatic heterocycles. The zero-order chi connectivity index (χ0) is 9.68. The monoisotopic (exact) mass is 248 g/mol. The van der Waals surface area contributed by atoms with Crippen LogP contribution in [0.1, 0.15) is 24.7 Å². The summed E-state index contributed by atoms with van der Waals surface area (Å²) >= 11 is 3.29. The molecule has 1 rings (SSSR count). The van der Waals surface area contributed by atoms with Gasteiger partial charge < -0.3 is 14.3 Å². The predicted octanol–water partition coefficient (Wildman–Crippen LogP) is 2.50. The van der Waals surface area contributed by atoms with Crippen LogP contribution >= 0.6 is 15.9 Å². The molecule has 0 amide bonds. The Morgan fingerprint density at radius 2 is 2.46 bits per heavy atom. The maximum atomic E-state index is 9.64. The van der Waals surface area contributed by atoms with E-state index >= 15 is 0 Å². The molecule has 13 heavy (non-hydrogen) atoms. The molecule has 0 aliphatic heterocycles. The van der Waals surface area contributed by atoms with Crippen molar-refractivity contribution in [2.45, 2.75) is 18.9 Å². The van der Waals surface area contributed by atoms with E-state index in [4.69, 9.17) is 9.15 Å². The molecule has 0 saturated heterocycles. The minimum Gasteiger partial charge on any atom is -0.465 e. The summed E-state index contributed by atoms with van der Waals surface area (Å²) in [6.07, 6.45) is 2.49. The maximum absolute atomic E-state index is 9.64. The van der Waals surface area contributed by atoms with Crippen LogP contribution in [0.15, 0.2) is 21.2 Å². The summed E-state index contributed by atoms with van der Waals surface area (Å²) in [7, 11) is 1.65. The molecule has 4 heteroatoms. The van der Waals surface area contributed by atoms with Gasteiger partial charge in [0.25, 0.3) is 0 Å². The highest BCUT2D eigenvalue weighted by atomic mass is 79.9. The van der Waals surface area contributed by atoms with Crippen molar-refractivity contribution in [3.63, 3.8) is 0 Å². The Kier molecular flexibility index (Phi) is 4.48. The first-order chi connectivity index (χ1) is 6.25. The van der Waals surface area contributed by atoms with Gasteiger partial charge in [0.15, 0.2) is 0 Å². The lowest BCUT2D eigenvalue weighted by molar-refractivity contribution is 0.117. The van der Waals surface area contributed by atoms with Gasteiger partial charge >= 0.3 is 0 Å². The summed E-state index contributed by atoms with van der Waals surface area (Å²) in [6.45, 7) is 0.662. The van der Waals surface area contributed by atoms with Crippen LogP contribution in [-0.2, 0) is 4.74 Å². The predicted molar refractivity (Wildman–Crippen MR) is 52.5 cm³/mol. The van der Waals surface area contributed by atoms with Gasteiger partial charge in [-0.15, -0.1) is 0 Å². The lowest BCUT2D eigenvalue weighted by atomic mass is 10.1. The molecule has 0 radical (unpaired) electrons. The number of aliphatic hydroxyl groups is 1. The third-order valence-electron chi connectivity index (χ3n) is 1.77. The molecule has 1 unspecified atom stereocenters. The molecule has 0 aliphatic rings. The molecule has 74 valence electrons. The molecule has 1 atom stereocenters. The van der Waals surface area contributed by atoms with Crippen LogP contribution in [0.3, 0.4) is 0 Å². The molecule has 1 aromatic rings. The first-order valence-electron chi connectivity index (χ1n) is 4.15. The third-order valence-corrected chi connectivity index (χ3v) is 2.43. The number of hydrogen-bond donors (Lipinski definition) is 1. The lowest BCUT2D eigenvalue weighted by Gasteiger charge is -2.07. The van der Waals surface area contributed by atoms with Crippen molar-refractivity contribution in [3.05, 3.63) is 22.6 Å². The molecule has 1 N–H and O–H groups in total. The van der Waals surface area contributed by atoms with Crippen molar-refractivity contribution in [3.8, 4) is 0 Å². The van der Waals surface area contributed by atoms with Gasteiger partial charge in [-0.2, -0.15) is 0 Å². The molecule has 1 heterocycles. The molecular formula is C9H13BrO3. The van der Waals surface area contributed by atoms with Crippen molar-refractivity contribution in [2.75, 3.05) is 13.7 Å². The number of rotatable bonds is 5. The Morgan fingerprint density at radius 3 is 3.00 bits per heavy atom. The fourth-order valence-corrected chi connectivity index (χ4v) is 1.56. The first-order valence-corrected chi connectivity index (χ1v) is 4.95. The van der Waals surface area contributed by atoms with E-state index in [-0.39, 0.29) is 0 Å². The van der Waals surface area contributed by atoms with E-state index in [0.29, 0.717) is 18.8 Å². The summed E-state index contributed by atoms with van der Waals surface area (Å²) in [5.74, 6) is 0.594. The van der Waals surface area contributed by atoms with Crippen LogP contribution in [0.4, 0.5) is 0 Å². The van der Waals surface area contributed by atoms with Crippen LogP contribution in [0, 0.1) is 0 Å². The van der Waals surface area contributed by atoms with Gasteiger partial charge in [0.2, 0.25) is 0 Å². The van der Waals surface area contributed by atoms with Gasteiger partial charge in [0, 0.05) is 13.7 Å². The van der Waals surface area contributed by atoms with E-state index in [1.54, 1.807) is 19.4 Å². The minimum absolute atomic E-state index is 0.542. The molecule has 0 saturated carbocycles. The molecule has 0 bridgehead atoms. The highest BCUT2D eigenvalue weighted by Gasteiger charge is 2.13. The average Bonchev–Trinajstić information content (AvgIpc) is 2.52. The smallest absolute Gasteiger partial charge is 0.146 e. The number of halogens is 1. The van der Waals surface area contributed by atoms with E-state index in [9.17, 15) is 5.11 Å². The second kappa shape index (κ2) is 5.42. The van der Waals surface area contributed by atoms with Crippen LogP contribution in [0.25, 0.3) is 0 Å². The average molecular weight is 249 g/mol. The van der Waals surface area contributed by atoms with Gasteiger partial charge in [-0.3, -0.25) is 0 Å². The Bertz CT molecular complexity index is 247. The summed E-state index contributed by atoms with van der Waals surface area (Å²) in [5.41, 5.74) is 0. The number of ether oxygens (including phenoxy) is 1. The second-order valence-electron chi connectivity index (χ2n) is 2.78. The van der Waals surface area contributed by atoms with E-state index in [0.717, 1.165) is 10.9 Å². The van der Waals surface area contributed by atoms with Gasteiger partial charge in [-0.05, 0) is 34.8 Å². The molecule has 0 fully saturated rings. The van der Waals surface area contributed by atoms with Crippen molar-refractivity contribution in [1.82, 2.24) is 0 Å². The van der Waals surface area contributed by atoms with Crippen LogP contribution in [-0.4, -0.2) is 18.8 Å². The number of aliphatic hydroxyl groups excluding tert-OH is 1. The molecule has 0 spiro atoms. The Hall–Kier alpha value is -0.320. The SMILES string of the molecule is COCCCC(O)c1occc1Br. The summed E-state index contributed by atoms with van der Waals surface area (Å²) in [4.78, 5) is 0. The van der Waals surface area contributed by atoms with Gasteiger partial charge in [0.1, 0.15) is 11.9 Å². The van der Waals surface area contributed by atoms with E-state index in [2.05, 4.69) is 15.9 Å². The van der Waals surface area contributed by atoms with E-state index in [1.165, 1.54) is 0 Å². The fourth-order valence-electron chi connectivity index (χ4n) is 1.10. The largest absolute Gasteiger partial charge is 0.465 e. The maximum Gasteiger partial charge on any atom is 0.146 e. The van der Waals surface area contributed by atoms with Gasteiger partial charge in [-0.1, -0.05) is 0 Å². The van der Waals surface area contributed by atoms with Gasteiger partial charge in [-0.25, -0.2) is 0 Å². The van der Waals surface area contributed by atoms with Crippen molar-refractivity contribution in [1.29, 1.82) is 0 Å². The Balaban J connectivity index is 2.39. The number of methoxy groups -OCH3 is 1. The minimum atomic E-state index is -0.542. The summed E-state index contributed by atoms with van der Waals surface area (Å²) in [6, 6.07) is 1.77. The van der Waals surface area contributed by atoms with Crippen molar-refractivity contribution in [2.24, 2.45) is 0 Å². The quantitative estimate of drug-likeness (QED) is 0.815. The Morgan fingerprint density at radius 1 is 1.69 bits per heavy atom. The topological polar surface area (TPSA) is 42.6 Å². The van der Waals surface area contributed by atoms with Crippen molar-refractivity contribution < 1.29 is 14.3 Å². The zero-order valence-electron chi connectivity index (χ0n) is 7.50. The number of furan rings is 1. The highest BCUT2D eigenvalue weighted by molar-refractivity contribution is 9.10. The highest BCUT2D eigenvalue weighted by Crippen LogP contribution is 2.27. The second-order valence-corrected chi connectivity index (χ2v) is 3.64. The summed E-state index contributed by atoms with van der Waals surface area (Å²) in [5, 5.41) is 9.64. The summed E-state index contributed by atoms with van der Waals surface area (Å²) < 4.78 is 10.8. The van der Waals surface area contributed by atoms with Crippen LogP contribution in [0.5, 0.6) is 0 Å². The van der Waals surface area contributed by atoms with E-state index in [1.807, 2.05) is 0 Å². The van der Waals surface area contributed by atoms with Crippen LogP contribution in [0.2, 0.25) is 0 Å². The fraction of sp³-hybridized carbons (Fsp3) is 0.556. The molecular weight excluding hydrogens is 236 g/mol. The van der Waals surface area contributed by atoms with Gasteiger partial charge in [0.05, 0.1) is 10.7 Å². The van der Waals surface area contributed by atoms with Crippen LogP contribution < -0.4 is 0 Å². The third kappa shape index (κ3) is 3.14. The van der Waals surface area contributed by atoms with E-state index < -0.39 is 6.10 Å². The first kappa shape index (κ1) is 10.8. The normalized spacial score (nSPS) is 13.2. The zero-order valence-corrected chi connectivity index (χ0v) is 9.08. The molecule has 3 nitrogen and oxygen atoms in total.